The summed E-state index contributed by atoms with van der Waals surface area (Å²) in [5.74, 6) is 0.0207. The maximum atomic E-state index is 13.0. The van der Waals surface area contributed by atoms with Crippen molar-refractivity contribution < 1.29 is 9.59 Å². The molecule has 0 radical (unpaired) electrons. The number of nitrogens with one attached hydrogen (secondary N) is 2. The molecule has 29 heavy (non-hydrogen) atoms. The normalized spacial score (nSPS) is 24.2. The maximum absolute atomic E-state index is 13.0. The third kappa shape index (κ3) is 5.34. The minimum Gasteiger partial charge on any atom is -0.359 e. The van der Waals surface area contributed by atoms with Crippen molar-refractivity contribution in [3.8, 4) is 0 Å². The highest BCUT2D eigenvalue weighted by Crippen LogP contribution is 2.33. The molecule has 2 amide bonds. The number of benzene rings is 1. The van der Waals surface area contributed by atoms with Gasteiger partial charge in [-0.1, -0.05) is 44.2 Å². The molecule has 2 fully saturated rings. The number of hydrogen-bond acceptors (Lipinski definition) is 4. The lowest BCUT2D eigenvalue weighted by Crippen LogP contribution is -2.62. The molecule has 0 bridgehead atoms. The summed E-state index contributed by atoms with van der Waals surface area (Å²) in [7, 11) is 0. The largest absolute Gasteiger partial charge is 0.359 e. The molecule has 1 saturated heterocycles. The number of fused-ring (bicyclic) bond motifs is 1. The zero-order valence-corrected chi connectivity index (χ0v) is 18.2. The van der Waals surface area contributed by atoms with Gasteiger partial charge in [0.25, 0.3) is 0 Å². The highest BCUT2D eigenvalue weighted by Gasteiger charge is 2.43. The molecule has 1 aliphatic carbocycles. The molecule has 1 aromatic carbocycles. The molecule has 158 valence electrons. The van der Waals surface area contributed by atoms with Crippen LogP contribution in [-0.4, -0.2) is 58.9 Å². The summed E-state index contributed by atoms with van der Waals surface area (Å²) < 4.78 is 0. The first-order valence-electron chi connectivity index (χ1n) is 10.7. The number of thiocarbonyl (C=S) groups is 1. The van der Waals surface area contributed by atoms with Crippen LogP contribution in [0.4, 0.5) is 0 Å². The van der Waals surface area contributed by atoms with Gasteiger partial charge >= 0.3 is 0 Å². The Bertz CT molecular complexity index is 723. The minimum atomic E-state index is -0.0865. The van der Waals surface area contributed by atoms with Crippen LogP contribution < -0.4 is 10.6 Å². The second kappa shape index (κ2) is 10.2. The third-order valence-corrected chi connectivity index (χ3v) is 6.54. The molecular weight excluding hydrogens is 384 g/mol. The predicted molar refractivity (Wildman–Crippen MR) is 118 cm³/mol. The molecule has 0 spiro atoms. The fraction of sp³-hybridized carbons (Fsp3) is 0.591. The highest BCUT2D eigenvalue weighted by molar-refractivity contribution is 7.80. The molecule has 3 rings (SSSR count). The zero-order valence-electron chi connectivity index (χ0n) is 17.4. The quantitative estimate of drug-likeness (QED) is 0.636. The molecule has 1 saturated carbocycles. The fourth-order valence-electron chi connectivity index (χ4n) is 4.32. The average molecular weight is 417 g/mol. The molecule has 1 aliphatic heterocycles. The van der Waals surface area contributed by atoms with E-state index < -0.39 is 0 Å². The third-order valence-electron chi connectivity index (χ3n) is 6.20. The standard InChI is InChI=1S/C22H32N4O2S/c1-3-25(4-2)12-13-26-21(28)18-11-10-17(14-19(18)24-22(26)29)20(27)23-15-16-8-6-5-7-9-16/h5-9,17-19H,3-4,10-15H2,1-2H3,(H,23,27)(H,24,29). The summed E-state index contributed by atoms with van der Waals surface area (Å²) in [6.45, 7) is 8.15. The first kappa shape index (κ1) is 21.7. The van der Waals surface area contributed by atoms with Gasteiger partial charge in [0.2, 0.25) is 11.8 Å². The summed E-state index contributed by atoms with van der Waals surface area (Å²) in [6.07, 6.45) is 2.12. The molecule has 1 aromatic rings. The van der Waals surface area contributed by atoms with Crippen LogP contribution in [0.2, 0.25) is 0 Å². The Hall–Kier alpha value is -1.99. The lowest BCUT2D eigenvalue weighted by molar-refractivity contribution is -0.138. The van der Waals surface area contributed by atoms with Gasteiger partial charge in [0.05, 0.1) is 5.92 Å². The van der Waals surface area contributed by atoms with Crippen LogP contribution in [0, 0.1) is 11.8 Å². The van der Waals surface area contributed by atoms with E-state index in [0.717, 1.165) is 38.0 Å². The van der Waals surface area contributed by atoms with Crippen molar-refractivity contribution in [1.29, 1.82) is 0 Å². The van der Waals surface area contributed by atoms with Crippen LogP contribution in [0.15, 0.2) is 30.3 Å². The van der Waals surface area contributed by atoms with Crippen LogP contribution in [0.25, 0.3) is 0 Å². The van der Waals surface area contributed by atoms with Crippen LogP contribution in [0.3, 0.4) is 0 Å². The van der Waals surface area contributed by atoms with Gasteiger partial charge in [0, 0.05) is 31.6 Å². The SMILES string of the molecule is CCN(CC)CCN1C(=O)C2CCC(C(=O)NCc3ccccc3)CC2NC1=S. The first-order valence-corrected chi connectivity index (χ1v) is 11.1. The summed E-state index contributed by atoms with van der Waals surface area (Å²) >= 11 is 5.49. The van der Waals surface area contributed by atoms with Crippen LogP contribution >= 0.6 is 12.2 Å². The zero-order chi connectivity index (χ0) is 20.8. The first-order chi connectivity index (χ1) is 14.0. The van der Waals surface area contributed by atoms with E-state index in [9.17, 15) is 9.59 Å². The van der Waals surface area contributed by atoms with Gasteiger partial charge in [-0.25, -0.2) is 0 Å². The second-order valence-electron chi connectivity index (χ2n) is 7.89. The topological polar surface area (TPSA) is 64.7 Å². The highest BCUT2D eigenvalue weighted by atomic mass is 32.1. The Morgan fingerprint density at radius 2 is 1.97 bits per heavy atom. The molecule has 2 N–H and O–H groups in total. The summed E-state index contributed by atoms with van der Waals surface area (Å²) in [4.78, 5) is 29.7. The van der Waals surface area contributed by atoms with E-state index in [2.05, 4.69) is 29.4 Å². The Morgan fingerprint density at radius 1 is 1.24 bits per heavy atom. The van der Waals surface area contributed by atoms with Gasteiger partial charge in [-0.05, 0) is 50.1 Å². The summed E-state index contributed by atoms with van der Waals surface area (Å²) in [6, 6.07) is 9.87. The molecule has 6 nitrogen and oxygen atoms in total. The van der Waals surface area contributed by atoms with Crippen molar-refractivity contribution in [2.24, 2.45) is 11.8 Å². The Morgan fingerprint density at radius 3 is 2.66 bits per heavy atom. The van der Waals surface area contributed by atoms with E-state index in [4.69, 9.17) is 12.2 Å². The van der Waals surface area contributed by atoms with Crippen molar-refractivity contribution in [3.05, 3.63) is 35.9 Å². The van der Waals surface area contributed by atoms with E-state index in [-0.39, 0.29) is 29.7 Å². The number of carbonyl (C=O) groups is 2. The monoisotopic (exact) mass is 416 g/mol. The van der Waals surface area contributed by atoms with Gasteiger partial charge in [0.15, 0.2) is 5.11 Å². The molecule has 7 heteroatoms. The van der Waals surface area contributed by atoms with Gasteiger partial charge in [-0.15, -0.1) is 0 Å². The van der Waals surface area contributed by atoms with Gasteiger partial charge in [-0.3, -0.25) is 14.5 Å². The Labute approximate surface area is 179 Å². The average Bonchev–Trinajstić information content (AvgIpc) is 2.75. The van der Waals surface area contributed by atoms with Crippen molar-refractivity contribution in [3.63, 3.8) is 0 Å². The lowest BCUT2D eigenvalue weighted by Gasteiger charge is -2.43. The number of carbonyl (C=O) groups excluding carboxylic acids is 2. The molecular formula is C22H32N4O2S. The number of nitrogens with zero attached hydrogens (tertiary/aromatic N) is 2. The number of amides is 2. The molecule has 3 unspecified atom stereocenters. The van der Waals surface area contributed by atoms with Crippen LogP contribution in [0.1, 0.15) is 38.7 Å². The van der Waals surface area contributed by atoms with Gasteiger partial charge < -0.3 is 15.5 Å². The maximum Gasteiger partial charge on any atom is 0.233 e. The second-order valence-corrected chi connectivity index (χ2v) is 8.28. The Kier molecular flexibility index (Phi) is 7.61. The number of rotatable bonds is 8. The van der Waals surface area contributed by atoms with E-state index in [1.165, 1.54) is 0 Å². The van der Waals surface area contributed by atoms with Crippen LogP contribution in [0.5, 0.6) is 0 Å². The van der Waals surface area contributed by atoms with E-state index >= 15 is 0 Å². The van der Waals surface area contributed by atoms with Crippen molar-refractivity contribution in [2.45, 2.75) is 45.7 Å². The molecule has 1 heterocycles. The van der Waals surface area contributed by atoms with Crippen molar-refractivity contribution >= 4 is 29.1 Å². The van der Waals surface area contributed by atoms with Gasteiger partial charge in [-0.2, -0.15) is 0 Å². The fourth-order valence-corrected chi connectivity index (χ4v) is 4.66. The van der Waals surface area contributed by atoms with Crippen LogP contribution in [-0.2, 0) is 16.1 Å². The molecule has 3 atom stereocenters. The molecule has 2 aliphatic rings. The summed E-state index contributed by atoms with van der Waals surface area (Å²) in [5, 5.41) is 6.90. The van der Waals surface area contributed by atoms with Gasteiger partial charge in [0.1, 0.15) is 0 Å². The Balaban J connectivity index is 1.53. The predicted octanol–water partition coefficient (Wildman–Crippen LogP) is 2.15. The van der Waals surface area contributed by atoms with E-state index in [1.807, 2.05) is 30.3 Å². The number of likely N-dealkylation sites (N-methyl/N-ethyl adjacent to an activating group) is 1. The van der Waals surface area contributed by atoms with E-state index in [1.54, 1.807) is 4.90 Å². The van der Waals surface area contributed by atoms with Crippen molar-refractivity contribution in [2.75, 3.05) is 26.2 Å². The molecule has 0 aromatic heterocycles. The smallest absolute Gasteiger partial charge is 0.233 e. The lowest BCUT2D eigenvalue weighted by atomic mass is 9.76. The minimum absolute atomic E-state index is 0.0408. The summed E-state index contributed by atoms with van der Waals surface area (Å²) in [5.41, 5.74) is 1.09. The number of hydrogen-bond donors (Lipinski definition) is 2. The van der Waals surface area contributed by atoms with Crippen molar-refractivity contribution in [1.82, 2.24) is 20.4 Å². The van der Waals surface area contributed by atoms with E-state index in [0.29, 0.717) is 24.6 Å².